The Morgan fingerprint density at radius 3 is 2.62 bits per heavy atom. The van der Waals surface area contributed by atoms with Crippen molar-refractivity contribution >= 4 is 5.91 Å². The van der Waals surface area contributed by atoms with Gasteiger partial charge in [0.05, 0.1) is 11.5 Å². The lowest BCUT2D eigenvalue weighted by atomic mass is 9.62. The van der Waals surface area contributed by atoms with Crippen LogP contribution in [0.1, 0.15) is 38.7 Å². The zero-order valence-electron chi connectivity index (χ0n) is 12.7. The number of nitrogens with one attached hydrogen (secondary N) is 2. The van der Waals surface area contributed by atoms with Crippen molar-refractivity contribution in [1.29, 1.82) is 5.26 Å². The predicted octanol–water partition coefficient (Wildman–Crippen LogP) is 2.11. The normalized spacial score (nSPS) is 24.2. The van der Waals surface area contributed by atoms with E-state index in [0.717, 1.165) is 18.4 Å². The van der Waals surface area contributed by atoms with Gasteiger partial charge in [-0.1, -0.05) is 30.3 Å². The van der Waals surface area contributed by atoms with Crippen LogP contribution in [0.3, 0.4) is 0 Å². The molecule has 1 fully saturated rings. The average molecular weight is 285 g/mol. The molecule has 0 aromatic heterocycles. The smallest absolute Gasteiger partial charge is 0.221 e. The monoisotopic (exact) mass is 285 g/mol. The first-order chi connectivity index (χ1) is 10.1. The summed E-state index contributed by atoms with van der Waals surface area (Å²) in [5, 5.41) is 15.7. The molecule has 21 heavy (non-hydrogen) atoms. The second-order valence-corrected chi connectivity index (χ2v) is 6.09. The number of hydrogen-bond donors (Lipinski definition) is 2. The van der Waals surface area contributed by atoms with Gasteiger partial charge < -0.3 is 10.6 Å². The van der Waals surface area contributed by atoms with Gasteiger partial charge in [-0.05, 0) is 32.3 Å². The third-order valence-corrected chi connectivity index (χ3v) is 3.96. The number of carbonyl (C=O) groups excluding carboxylic acids is 1. The van der Waals surface area contributed by atoms with E-state index in [1.807, 2.05) is 44.2 Å². The molecule has 4 nitrogen and oxygen atoms in total. The SMILES string of the molecule is CC(C)NC(=O)CCNC1CC(C#N)(c2ccccc2)C1. The number of nitriles is 1. The zero-order valence-corrected chi connectivity index (χ0v) is 12.7. The molecule has 0 aliphatic heterocycles. The Balaban J connectivity index is 1.76. The summed E-state index contributed by atoms with van der Waals surface area (Å²) in [6.45, 7) is 4.58. The predicted molar refractivity (Wildman–Crippen MR) is 82.7 cm³/mol. The van der Waals surface area contributed by atoms with Gasteiger partial charge in [-0.3, -0.25) is 4.79 Å². The number of amides is 1. The fourth-order valence-corrected chi connectivity index (χ4v) is 2.86. The Bertz CT molecular complexity index is 513. The van der Waals surface area contributed by atoms with Crippen LogP contribution in [0.15, 0.2) is 30.3 Å². The Labute approximate surface area is 126 Å². The first kappa shape index (κ1) is 15.5. The Kier molecular flexibility index (Phi) is 4.98. The maximum absolute atomic E-state index is 11.5. The van der Waals surface area contributed by atoms with Gasteiger partial charge in [-0.15, -0.1) is 0 Å². The summed E-state index contributed by atoms with van der Waals surface area (Å²) < 4.78 is 0. The molecule has 0 unspecified atom stereocenters. The lowest BCUT2D eigenvalue weighted by Crippen LogP contribution is -2.51. The van der Waals surface area contributed by atoms with Crippen molar-refractivity contribution in [1.82, 2.24) is 10.6 Å². The van der Waals surface area contributed by atoms with Crippen LogP contribution in [0.2, 0.25) is 0 Å². The number of rotatable bonds is 6. The summed E-state index contributed by atoms with van der Waals surface area (Å²) >= 11 is 0. The number of nitrogens with zero attached hydrogens (tertiary/aromatic N) is 1. The first-order valence-corrected chi connectivity index (χ1v) is 7.55. The van der Waals surface area contributed by atoms with Crippen molar-refractivity contribution in [2.75, 3.05) is 6.54 Å². The van der Waals surface area contributed by atoms with Crippen molar-refractivity contribution < 1.29 is 4.79 Å². The minimum Gasteiger partial charge on any atom is -0.354 e. The summed E-state index contributed by atoms with van der Waals surface area (Å²) in [7, 11) is 0. The van der Waals surface area contributed by atoms with Gasteiger partial charge in [0.15, 0.2) is 0 Å². The molecule has 1 aromatic carbocycles. The lowest BCUT2D eigenvalue weighted by molar-refractivity contribution is -0.121. The molecule has 0 radical (unpaired) electrons. The molecule has 1 aliphatic carbocycles. The molecule has 0 heterocycles. The van der Waals surface area contributed by atoms with Crippen LogP contribution in [-0.2, 0) is 10.2 Å². The number of hydrogen-bond acceptors (Lipinski definition) is 3. The van der Waals surface area contributed by atoms with Crippen LogP contribution < -0.4 is 10.6 Å². The fourth-order valence-electron chi connectivity index (χ4n) is 2.86. The quantitative estimate of drug-likeness (QED) is 0.841. The average Bonchev–Trinajstić information content (AvgIpc) is 2.41. The Hall–Kier alpha value is -1.86. The van der Waals surface area contributed by atoms with E-state index >= 15 is 0 Å². The van der Waals surface area contributed by atoms with Gasteiger partial charge in [-0.25, -0.2) is 0 Å². The maximum Gasteiger partial charge on any atom is 0.221 e. The lowest BCUT2D eigenvalue weighted by Gasteiger charge is -2.43. The molecule has 2 rings (SSSR count). The molecule has 2 N–H and O–H groups in total. The van der Waals surface area contributed by atoms with E-state index in [1.54, 1.807) is 0 Å². The van der Waals surface area contributed by atoms with E-state index in [1.165, 1.54) is 0 Å². The highest BCUT2D eigenvalue weighted by Gasteiger charge is 2.45. The molecule has 4 heteroatoms. The first-order valence-electron chi connectivity index (χ1n) is 7.55. The fraction of sp³-hybridized carbons (Fsp3) is 0.529. The van der Waals surface area contributed by atoms with E-state index in [4.69, 9.17) is 0 Å². The van der Waals surface area contributed by atoms with Crippen LogP contribution >= 0.6 is 0 Å². The molecular weight excluding hydrogens is 262 g/mol. The largest absolute Gasteiger partial charge is 0.354 e. The van der Waals surface area contributed by atoms with E-state index in [9.17, 15) is 10.1 Å². The van der Waals surface area contributed by atoms with Gasteiger partial charge in [-0.2, -0.15) is 5.26 Å². The second-order valence-electron chi connectivity index (χ2n) is 6.09. The van der Waals surface area contributed by atoms with Crippen LogP contribution in [0, 0.1) is 11.3 Å². The molecule has 0 saturated heterocycles. The molecular formula is C17H23N3O. The van der Waals surface area contributed by atoms with Crippen molar-refractivity contribution in [3.63, 3.8) is 0 Å². The second kappa shape index (κ2) is 6.73. The molecule has 1 aromatic rings. The van der Waals surface area contributed by atoms with E-state index in [2.05, 4.69) is 16.7 Å². The van der Waals surface area contributed by atoms with E-state index in [-0.39, 0.29) is 17.4 Å². The zero-order chi connectivity index (χ0) is 15.3. The van der Waals surface area contributed by atoms with Crippen molar-refractivity contribution in [2.24, 2.45) is 0 Å². The number of carbonyl (C=O) groups is 1. The highest BCUT2D eigenvalue weighted by Crippen LogP contribution is 2.43. The topological polar surface area (TPSA) is 64.9 Å². The third-order valence-electron chi connectivity index (χ3n) is 3.96. The Morgan fingerprint density at radius 2 is 2.05 bits per heavy atom. The highest BCUT2D eigenvalue weighted by atomic mass is 16.1. The van der Waals surface area contributed by atoms with Crippen LogP contribution in [-0.4, -0.2) is 24.5 Å². The van der Waals surface area contributed by atoms with Gasteiger partial charge in [0.2, 0.25) is 5.91 Å². The number of benzene rings is 1. The Morgan fingerprint density at radius 1 is 1.38 bits per heavy atom. The molecule has 1 aliphatic rings. The minimum atomic E-state index is -0.348. The standard InChI is InChI=1S/C17H23N3O/c1-13(2)20-16(21)8-9-19-15-10-17(11-15,12-18)14-6-4-3-5-7-14/h3-7,13,15,19H,8-11H2,1-2H3,(H,20,21). The maximum atomic E-state index is 11.5. The van der Waals surface area contributed by atoms with Gasteiger partial charge >= 0.3 is 0 Å². The van der Waals surface area contributed by atoms with Gasteiger partial charge in [0.25, 0.3) is 0 Å². The summed E-state index contributed by atoms with van der Waals surface area (Å²) in [5.41, 5.74) is 0.752. The molecule has 0 spiro atoms. The van der Waals surface area contributed by atoms with E-state index in [0.29, 0.717) is 19.0 Å². The minimum absolute atomic E-state index is 0.0754. The summed E-state index contributed by atoms with van der Waals surface area (Å²) in [5.74, 6) is 0.0754. The van der Waals surface area contributed by atoms with Gasteiger partial charge in [0.1, 0.15) is 0 Å². The van der Waals surface area contributed by atoms with Crippen molar-refractivity contribution in [3.05, 3.63) is 35.9 Å². The molecule has 0 atom stereocenters. The molecule has 112 valence electrons. The molecule has 0 bridgehead atoms. The molecule has 1 saturated carbocycles. The van der Waals surface area contributed by atoms with Gasteiger partial charge in [0, 0.05) is 25.0 Å². The van der Waals surface area contributed by atoms with Crippen LogP contribution in [0.5, 0.6) is 0 Å². The molecule has 1 amide bonds. The van der Waals surface area contributed by atoms with Crippen LogP contribution in [0.25, 0.3) is 0 Å². The van der Waals surface area contributed by atoms with Crippen molar-refractivity contribution in [2.45, 2.75) is 50.6 Å². The van der Waals surface area contributed by atoms with Crippen LogP contribution in [0.4, 0.5) is 0 Å². The summed E-state index contributed by atoms with van der Waals surface area (Å²) in [6.07, 6.45) is 2.12. The van der Waals surface area contributed by atoms with E-state index < -0.39 is 0 Å². The van der Waals surface area contributed by atoms with Crippen molar-refractivity contribution in [3.8, 4) is 6.07 Å². The third kappa shape index (κ3) is 3.83. The summed E-state index contributed by atoms with van der Waals surface area (Å²) in [6, 6.07) is 13.0. The summed E-state index contributed by atoms with van der Waals surface area (Å²) in [4.78, 5) is 11.5. The highest BCUT2D eigenvalue weighted by molar-refractivity contribution is 5.76.